The van der Waals surface area contributed by atoms with Crippen LogP contribution in [0.1, 0.15) is 12.8 Å². The van der Waals surface area contributed by atoms with E-state index in [0.717, 1.165) is 41.0 Å². The maximum absolute atomic E-state index is 12.5. The first-order chi connectivity index (χ1) is 11.7. The molecule has 5 rings (SSSR count). The van der Waals surface area contributed by atoms with Crippen molar-refractivity contribution in [2.45, 2.75) is 18.4 Å². The van der Waals surface area contributed by atoms with Crippen molar-refractivity contribution in [1.82, 2.24) is 19.7 Å². The number of hydrogen-bond donors (Lipinski definition) is 1. The van der Waals surface area contributed by atoms with Gasteiger partial charge in [-0.3, -0.25) is 14.2 Å². The van der Waals surface area contributed by atoms with Crippen molar-refractivity contribution in [2.75, 3.05) is 24.5 Å². The fourth-order valence-electron chi connectivity index (χ4n) is 3.32. The van der Waals surface area contributed by atoms with E-state index in [1.165, 1.54) is 24.2 Å². The van der Waals surface area contributed by atoms with Crippen molar-refractivity contribution in [3.63, 3.8) is 0 Å². The molecule has 0 bridgehead atoms. The molecule has 1 aliphatic heterocycles. The number of anilines is 1. The molecule has 3 aromatic rings. The molecule has 0 radical (unpaired) electrons. The van der Waals surface area contributed by atoms with E-state index in [-0.39, 0.29) is 11.1 Å². The third kappa shape index (κ3) is 2.32. The van der Waals surface area contributed by atoms with Gasteiger partial charge in [-0.1, -0.05) is 17.4 Å². The molecule has 7 heteroatoms. The molecule has 1 spiro atoms. The molecule has 1 aliphatic carbocycles. The maximum atomic E-state index is 12.5. The predicted octanol–water partition coefficient (Wildman–Crippen LogP) is 1.76. The third-order valence-corrected chi connectivity index (χ3v) is 5.83. The lowest BCUT2D eigenvalue weighted by Crippen LogP contribution is -2.53. The Morgan fingerprint density at radius 3 is 3.00 bits per heavy atom. The summed E-state index contributed by atoms with van der Waals surface area (Å²) in [6, 6.07) is 7.44. The lowest BCUT2D eigenvalue weighted by atomic mass is 10.2. The number of fused-ring (bicyclic) bond motifs is 1. The first-order valence-corrected chi connectivity index (χ1v) is 8.99. The van der Waals surface area contributed by atoms with Gasteiger partial charge in [0.05, 0.1) is 10.6 Å². The van der Waals surface area contributed by atoms with Crippen LogP contribution >= 0.6 is 11.3 Å². The molecule has 1 saturated carbocycles. The van der Waals surface area contributed by atoms with Crippen molar-refractivity contribution in [2.24, 2.45) is 0 Å². The van der Waals surface area contributed by atoms with E-state index in [2.05, 4.69) is 15.2 Å². The van der Waals surface area contributed by atoms with Gasteiger partial charge in [-0.05, 0) is 25.0 Å². The first kappa shape index (κ1) is 14.1. The smallest absolute Gasteiger partial charge is 0.260 e. The van der Waals surface area contributed by atoms with Gasteiger partial charge in [0.25, 0.3) is 5.56 Å². The van der Waals surface area contributed by atoms with Gasteiger partial charge < -0.3 is 10.2 Å². The van der Waals surface area contributed by atoms with Gasteiger partial charge in [0, 0.05) is 43.6 Å². The molecular weight excluding hydrogens is 322 g/mol. The average molecular weight is 339 g/mol. The van der Waals surface area contributed by atoms with E-state index in [1.807, 2.05) is 24.4 Å². The number of pyridine rings is 1. The van der Waals surface area contributed by atoms with Crippen molar-refractivity contribution in [3.05, 3.63) is 47.0 Å². The number of thiazole rings is 1. The van der Waals surface area contributed by atoms with Crippen LogP contribution in [0.5, 0.6) is 0 Å². The standard InChI is InChI=1S/C17H17N5OS/c23-15-9-14(21-8-7-19-17(11-21)4-5-17)20-16-22(15)10-13(24-16)12-3-1-2-6-18-12/h1-3,6,9-10,19H,4-5,7-8,11H2. The van der Waals surface area contributed by atoms with E-state index >= 15 is 0 Å². The van der Waals surface area contributed by atoms with Crippen LogP contribution in [-0.4, -0.2) is 39.5 Å². The van der Waals surface area contributed by atoms with Crippen molar-refractivity contribution < 1.29 is 0 Å². The Kier molecular flexibility index (Phi) is 3.01. The zero-order valence-electron chi connectivity index (χ0n) is 13.1. The topological polar surface area (TPSA) is 62.5 Å². The van der Waals surface area contributed by atoms with Crippen LogP contribution in [0, 0.1) is 0 Å². The lowest BCUT2D eigenvalue weighted by molar-refractivity contribution is 0.440. The second kappa shape index (κ2) is 5.12. The van der Waals surface area contributed by atoms with Gasteiger partial charge >= 0.3 is 0 Å². The van der Waals surface area contributed by atoms with Crippen LogP contribution in [0.3, 0.4) is 0 Å². The summed E-state index contributed by atoms with van der Waals surface area (Å²) in [5, 5.41) is 3.59. The van der Waals surface area contributed by atoms with Crippen molar-refractivity contribution in [1.29, 1.82) is 0 Å². The molecule has 4 heterocycles. The summed E-state index contributed by atoms with van der Waals surface area (Å²) in [6.07, 6.45) is 6.03. The Morgan fingerprint density at radius 2 is 2.21 bits per heavy atom. The molecule has 0 unspecified atom stereocenters. The summed E-state index contributed by atoms with van der Waals surface area (Å²) >= 11 is 1.51. The number of rotatable bonds is 2. The molecule has 24 heavy (non-hydrogen) atoms. The van der Waals surface area contributed by atoms with Crippen LogP contribution in [0.25, 0.3) is 15.5 Å². The zero-order valence-corrected chi connectivity index (χ0v) is 13.9. The Hall–Kier alpha value is -2.25. The molecular formula is C17H17N5OS. The van der Waals surface area contributed by atoms with E-state index in [4.69, 9.17) is 4.98 Å². The van der Waals surface area contributed by atoms with Crippen molar-refractivity contribution in [3.8, 4) is 10.6 Å². The molecule has 6 nitrogen and oxygen atoms in total. The minimum atomic E-state index is -0.0307. The number of hydrogen-bond acceptors (Lipinski definition) is 6. The summed E-state index contributed by atoms with van der Waals surface area (Å²) in [5.74, 6) is 0.794. The second-order valence-electron chi connectivity index (χ2n) is 6.54. The fraction of sp³-hybridized carbons (Fsp3) is 0.353. The Morgan fingerprint density at radius 1 is 1.29 bits per heavy atom. The van der Waals surface area contributed by atoms with Crippen LogP contribution in [0.15, 0.2) is 41.5 Å². The minimum Gasteiger partial charge on any atom is -0.353 e. The summed E-state index contributed by atoms with van der Waals surface area (Å²) in [7, 11) is 0. The van der Waals surface area contributed by atoms with Crippen molar-refractivity contribution >= 4 is 22.1 Å². The van der Waals surface area contributed by atoms with E-state index in [0.29, 0.717) is 0 Å². The first-order valence-electron chi connectivity index (χ1n) is 8.17. The SMILES string of the molecule is O=c1cc(N2CCNC3(CC3)C2)nc2sc(-c3ccccn3)cn12. The highest BCUT2D eigenvalue weighted by atomic mass is 32.1. The second-order valence-corrected chi connectivity index (χ2v) is 7.55. The highest BCUT2D eigenvalue weighted by Gasteiger charge is 2.45. The zero-order chi connectivity index (χ0) is 16.1. The monoisotopic (exact) mass is 339 g/mol. The number of nitrogens with one attached hydrogen (secondary N) is 1. The predicted molar refractivity (Wildman–Crippen MR) is 94.8 cm³/mol. The van der Waals surface area contributed by atoms with Gasteiger partial charge in [0.2, 0.25) is 0 Å². The molecule has 1 saturated heterocycles. The Balaban J connectivity index is 1.56. The molecule has 122 valence electrons. The van der Waals surface area contributed by atoms with Gasteiger partial charge in [-0.2, -0.15) is 0 Å². The van der Waals surface area contributed by atoms with Crippen LogP contribution in [-0.2, 0) is 0 Å². The van der Waals surface area contributed by atoms with Gasteiger partial charge in [-0.15, -0.1) is 0 Å². The molecule has 0 amide bonds. The summed E-state index contributed by atoms with van der Waals surface area (Å²) in [6.45, 7) is 2.78. The molecule has 2 fully saturated rings. The fourth-order valence-corrected chi connectivity index (χ4v) is 4.28. The molecule has 0 aromatic carbocycles. The van der Waals surface area contributed by atoms with Gasteiger partial charge in [0.15, 0.2) is 4.96 Å². The quantitative estimate of drug-likeness (QED) is 0.771. The Bertz CT molecular complexity index is 960. The Labute approximate surface area is 142 Å². The minimum absolute atomic E-state index is 0.0307. The highest BCUT2D eigenvalue weighted by Crippen LogP contribution is 2.38. The highest BCUT2D eigenvalue weighted by molar-refractivity contribution is 7.20. The van der Waals surface area contributed by atoms with Crippen LogP contribution < -0.4 is 15.8 Å². The normalized spacial score (nSPS) is 19.1. The van der Waals surface area contributed by atoms with E-state index in [1.54, 1.807) is 16.7 Å². The average Bonchev–Trinajstić information content (AvgIpc) is 3.20. The number of nitrogens with zero attached hydrogens (tertiary/aromatic N) is 4. The molecule has 0 atom stereocenters. The third-order valence-electron chi connectivity index (χ3n) is 4.82. The summed E-state index contributed by atoms with van der Waals surface area (Å²) in [4.78, 5) is 25.6. The van der Waals surface area contributed by atoms with E-state index in [9.17, 15) is 4.79 Å². The van der Waals surface area contributed by atoms with Gasteiger partial charge in [0.1, 0.15) is 5.82 Å². The maximum Gasteiger partial charge on any atom is 0.260 e. The van der Waals surface area contributed by atoms with Gasteiger partial charge in [-0.25, -0.2) is 4.98 Å². The number of aromatic nitrogens is 3. The molecule has 1 N–H and O–H groups in total. The largest absolute Gasteiger partial charge is 0.353 e. The summed E-state index contributed by atoms with van der Waals surface area (Å²) in [5.41, 5.74) is 1.10. The van der Waals surface area contributed by atoms with Crippen LogP contribution in [0.4, 0.5) is 5.82 Å². The molecule has 3 aromatic heterocycles. The lowest BCUT2D eigenvalue weighted by Gasteiger charge is -2.34. The molecule has 2 aliphatic rings. The van der Waals surface area contributed by atoms with Crippen LogP contribution in [0.2, 0.25) is 0 Å². The number of piperazine rings is 1. The summed E-state index contributed by atoms with van der Waals surface area (Å²) < 4.78 is 1.62. The van der Waals surface area contributed by atoms with E-state index < -0.39 is 0 Å².